The third kappa shape index (κ3) is 4.18. The summed E-state index contributed by atoms with van der Waals surface area (Å²) in [6.07, 6.45) is 0. The predicted octanol–water partition coefficient (Wildman–Crippen LogP) is 0.956. The van der Waals surface area contributed by atoms with Crippen LogP contribution >= 0.6 is 0 Å². The summed E-state index contributed by atoms with van der Waals surface area (Å²) in [4.78, 5) is 36.2. The van der Waals surface area contributed by atoms with Crippen molar-refractivity contribution in [1.82, 2.24) is 0 Å². The van der Waals surface area contributed by atoms with Gasteiger partial charge >= 0.3 is 11.9 Å². The molecular weight excluding hydrogens is 300 g/mol. The number of carbonyl (C=O) groups excluding carboxylic acids is 3. The molecule has 2 unspecified atom stereocenters. The Morgan fingerprint density at radius 1 is 1.00 bits per heavy atom. The van der Waals surface area contributed by atoms with Gasteiger partial charge in [-0.3, -0.25) is 9.59 Å². The van der Waals surface area contributed by atoms with E-state index in [-0.39, 0.29) is 5.57 Å². The second kappa shape index (κ2) is 8.12. The number of esters is 2. The number of rotatable bonds is 6. The van der Waals surface area contributed by atoms with E-state index in [1.54, 1.807) is 30.3 Å². The molecule has 0 saturated carbocycles. The van der Waals surface area contributed by atoms with Crippen LogP contribution in [0.3, 0.4) is 0 Å². The average molecular weight is 319 g/mol. The number of hydrogen-bond donors (Lipinski definition) is 0. The van der Waals surface area contributed by atoms with Crippen molar-refractivity contribution in [3.63, 3.8) is 0 Å². The smallest absolute Gasteiger partial charge is 0.333 e. The molecule has 0 aliphatic rings. The first-order valence-electron chi connectivity index (χ1n) is 6.94. The molecule has 6 heteroatoms. The maximum atomic E-state index is 12.1. The van der Waals surface area contributed by atoms with Gasteiger partial charge in [0, 0.05) is 11.5 Å². The largest absolute Gasteiger partial charge is 0.875 e. The van der Waals surface area contributed by atoms with Crippen LogP contribution < -0.4 is 5.11 Å². The fourth-order valence-electron chi connectivity index (χ4n) is 2.45. The van der Waals surface area contributed by atoms with E-state index in [0.29, 0.717) is 5.56 Å². The summed E-state index contributed by atoms with van der Waals surface area (Å²) in [5, 5.41) is 12.0. The number of methoxy groups -OCH3 is 2. The SMILES string of the molecule is COC(=O)/C(=C(\C)[O-])C(c1ccccc1)C(C(C)=O)C(=O)OC. The van der Waals surface area contributed by atoms with E-state index in [9.17, 15) is 19.5 Å². The van der Waals surface area contributed by atoms with Gasteiger partial charge in [0.25, 0.3) is 0 Å². The summed E-state index contributed by atoms with van der Waals surface area (Å²) in [7, 11) is 2.28. The summed E-state index contributed by atoms with van der Waals surface area (Å²) >= 11 is 0. The molecule has 0 amide bonds. The van der Waals surface area contributed by atoms with Crippen LogP contribution in [0.5, 0.6) is 0 Å². The van der Waals surface area contributed by atoms with E-state index >= 15 is 0 Å². The van der Waals surface area contributed by atoms with E-state index < -0.39 is 35.3 Å². The topological polar surface area (TPSA) is 92.7 Å². The molecule has 1 rings (SSSR count). The minimum atomic E-state index is -1.31. The Hall–Kier alpha value is -2.63. The Bertz CT molecular complexity index is 613. The Morgan fingerprint density at radius 3 is 1.96 bits per heavy atom. The van der Waals surface area contributed by atoms with Gasteiger partial charge in [-0.25, -0.2) is 4.79 Å². The van der Waals surface area contributed by atoms with Crippen molar-refractivity contribution in [2.45, 2.75) is 19.8 Å². The number of allylic oxidation sites excluding steroid dienone is 1. The summed E-state index contributed by atoms with van der Waals surface area (Å²) in [6.45, 7) is 2.41. The molecule has 0 heterocycles. The molecule has 0 aliphatic heterocycles. The molecule has 23 heavy (non-hydrogen) atoms. The average Bonchev–Trinajstić information content (AvgIpc) is 2.53. The lowest BCUT2D eigenvalue weighted by Crippen LogP contribution is -2.34. The van der Waals surface area contributed by atoms with Gasteiger partial charge in [0.05, 0.1) is 14.2 Å². The van der Waals surface area contributed by atoms with Gasteiger partial charge in [-0.1, -0.05) is 37.3 Å². The quantitative estimate of drug-likeness (QED) is 0.335. The Balaban J connectivity index is 3.61. The molecule has 0 aromatic heterocycles. The number of ketones is 1. The zero-order valence-electron chi connectivity index (χ0n) is 13.5. The maximum Gasteiger partial charge on any atom is 0.333 e. The highest BCUT2D eigenvalue weighted by Gasteiger charge is 2.39. The van der Waals surface area contributed by atoms with Crippen molar-refractivity contribution in [3.8, 4) is 0 Å². The second-order valence-corrected chi connectivity index (χ2v) is 4.96. The summed E-state index contributed by atoms with van der Waals surface area (Å²) in [5.74, 6) is -5.13. The molecule has 124 valence electrons. The molecule has 0 radical (unpaired) electrons. The normalized spacial score (nSPS) is 14.3. The molecule has 0 spiro atoms. The number of carbonyl (C=O) groups is 3. The molecule has 0 aliphatic carbocycles. The first-order chi connectivity index (χ1) is 10.8. The minimum absolute atomic E-state index is 0.260. The highest BCUT2D eigenvalue weighted by atomic mass is 16.5. The summed E-state index contributed by atoms with van der Waals surface area (Å²) in [6, 6.07) is 8.38. The van der Waals surface area contributed by atoms with Gasteiger partial charge in [-0.05, 0) is 12.5 Å². The second-order valence-electron chi connectivity index (χ2n) is 4.96. The van der Waals surface area contributed by atoms with Crippen LogP contribution in [0, 0.1) is 5.92 Å². The van der Waals surface area contributed by atoms with E-state index in [2.05, 4.69) is 9.47 Å². The molecule has 0 saturated heterocycles. The minimum Gasteiger partial charge on any atom is -0.875 e. The Kier molecular flexibility index (Phi) is 6.50. The van der Waals surface area contributed by atoms with Crippen molar-refractivity contribution in [2.75, 3.05) is 14.2 Å². The van der Waals surface area contributed by atoms with E-state index in [1.807, 2.05) is 0 Å². The Morgan fingerprint density at radius 2 is 1.57 bits per heavy atom. The highest BCUT2D eigenvalue weighted by Crippen LogP contribution is 2.35. The van der Waals surface area contributed by atoms with Crippen LogP contribution in [0.4, 0.5) is 0 Å². The zero-order chi connectivity index (χ0) is 17.6. The Labute approximate surface area is 134 Å². The predicted molar refractivity (Wildman–Crippen MR) is 80.1 cm³/mol. The number of Topliss-reactive ketones (excluding diaryl/α,β-unsaturated/α-hetero) is 1. The highest BCUT2D eigenvalue weighted by molar-refractivity contribution is 6.02. The van der Waals surface area contributed by atoms with Gasteiger partial charge in [-0.2, -0.15) is 0 Å². The maximum absolute atomic E-state index is 12.1. The van der Waals surface area contributed by atoms with Crippen LogP contribution in [0.1, 0.15) is 25.3 Å². The first-order valence-corrected chi connectivity index (χ1v) is 6.94. The van der Waals surface area contributed by atoms with Crippen LogP contribution in [-0.4, -0.2) is 31.9 Å². The molecule has 0 bridgehead atoms. The third-order valence-electron chi connectivity index (χ3n) is 3.48. The van der Waals surface area contributed by atoms with Crippen LogP contribution in [0.2, 0.25) is 0 Å². The van der Waals surface area contributed by atoms with Gasteiger partial charge < -0.3 is 14.6 Å². The summed E-state index contributed by atoms with van der Waals surface area (Å²) in [5.41, 5.74) is 0.220. The van der Waals surface area contributed by atoms with Crippen molar-refractivity contribution in [2.24, 2.45) is 5.92 Å². The third-order valence-corrected chi connectivity index (χ3v) is 3.48. The lowest BCUT2D eigenvalue weighted by molar-refractivity contribution is -0.303. The van der Waals surface area contributed by atoms with Gasteiger partial charge in [0.2, 0.25) is 0 Å². The van der Waals surface area contributed by atoms with Crippen molar-refractivity contribution in [1.29, 1.82) is 0 Å². The van der Waals surface area contributed by atoms with Crippen molar-refractivity contribution < 1.29 is 29.0 Å². The number of ether oxygens (including phenoxy) is 2. The number of hydrogen-bond acceptors (Lipinski definition) is 6. The van der Waals surface area contributed by atoms with E-state index in [4.69, 9.17) is 0 Å². The molecule has 0 N–H and O–H groups in total. The molecule has 1 aromatic rings. The van der Waals surface area contributed by atoms with Crippen LogP contribution in [0.25, 0.3) is 0 Å². The summed E-state index contributed by atoms with van der Waals surface area (Å²) < 4.78 is 9.34. The fraction of sp³-hybridized carbons (Fsp3) is 0.353. The lowest BCUT2D eigenvalue weighted by atomic mass is 9.78. The monoisotopic (exact) mass is 319 g/mol. The van der Waals surface area contributed by atoms with E-state index in [0.717, 1.165) is 14.2 Å². The molecule has 1 aromatic carbocycles. The van der Waals surface area contributed by atoms with Gasteiger partial charge in [0.15, 0.2) is 0 Å². The van der Waals surface area contributed by atoms with E-state index in [1.165, 1.54) is 13.8 Å². The zero-order valence-corrected chi connectivity index (χ0v) is 13.5. The first kappa shape index (κ1) is 18.4. The molecule has 6 nitrogen and oxygen atoms in total. The standard InChI is InChI=1S/C17H20O6/c1-10(18)13(16(20)22-3)15(12-8-6-5-7-9-12)14(11(2)19)17(21)23-4/h5-9,13,15,19H,1-4H3/p-1/b14-11+. The van der Waals surface area contributed by atoms with Gasteiger partial charge in [-0.15, -0.1) is 5.76 Å². The van der Waals surface area contributed by atoms with Crippen molar-refractivity contribution in [3.05, 3.63) is 47.2 Å². The molecule has 0 fully saturated rings. The molecular formula is C17H19O6-. The van der Waals surface area contributed by atoms with Crippen LogP contribution in [-0.2, 0) is 23.9 Å². The lowest BCUT2D eigenvalue weighted by Gasteiger charge is -2.28. The van der Waals surface area contributed by atoms with Gasteiger partial charge in [0.1, 0.15) is 11.7 Å². The van der Waals surface area contributed by atoms with Crippen LogP contribution in [0.15, 0.2) is 41.7 Å². The molecule has 2 atom stereocenters. The number of benzene rings is 1. The van der Waals surface area contributed by atoms with Crippen molar-refractivity contribution >= 4 is 17.7 Å². The fourth-order valence-corrected chi connectivity index (χ4v) is 2.45.